The highest BCUT2D eigenvalue weighted by Gasteiger charge is 2.29. The lowest BCUT2D eigenvalue weighted by Gasteiger charge is -2.29. The summed E-state index contributed by atoms with van der Waals surface area (Å²) in [6, 6.07) is 9.24. The average Bonchev–Trinajstić information content (AvgIpc) is 2.40. The summed E-state index contributed by atoms with van der Waals surface area (Å²) < 4.78 is 10.5. The van der Waals surface area contributed by atoms with Crippen molar-refractivity contribution in [2.45, 2.75) is 19.4 Å². The molecular weight excluding hydrogens is 232 g/mol. The van der Waals surface area contributed by atoms with E-state index < -0.39 is 12.2 Å². The van der Waals surface area contributed by atoms with Gasteiger partial charge in [0.25, 0.3) is 0 Å². The van der Waals surface area contributed by atoms with E-state index in [1.54, 1.807) is 6.07 Å². The second-order valence-corrected chi connectivity index (χ2v) is 3.84. The van der Waals surface area contributed by atoms with Crippen LogP contribution in [0.25, 0.3) is 0 Å². The van der Waals surface area contributed by atoms with Crippen LogP contribution in [0.4, 0.5) is 10.5 Å². The molecule has 1 aromatic rings. The van der Waals surface area contributed by atoms with Crippen LogP contribution in [0, 0.1) is 11.3 Å². The largest absolute Gasteiger partial charge is 0.492 e. The van der Waals surface area contributed by atoms with Gasteiger partial charge in [0, 0.05) is 13.0 Å². The third-order valence-corrected chi connectivity index (χ3v) is 2.68. The molecule has 1 heterocycles. The molecule has 5 nitrogen and oxygen atoms in total. The normalized spacial score (nSPS) is 19.0. The molecule has 1 unspecified atom stereocenters. The number of hydrogen-bond acceptors (Lipinski definition) is 4. The lowest BCUT2D eigenvalue weighted by atomic mass is 10.2. The van der Waals surface area contributed by atoms with E-state index in [-0.39, 0.29) is 0 Å². The highest BCUT2D eigenvalue weighted by molar-refractivity contribution is 5.90. The van der Waals surface area contributed by atoms with Crippen LogP contribution in [0.2, 0.25) is 0 Å². The van der Waals surface area contributed by atoms with Crippen molar-refractivity contribution < 1.29 is 14.3 Å². The highest BCUT2D eigenvalue weighted by atomic mass is 16.6. The number of ether oxygens (including phenoxy) is 2. The first kappa shape index (κ1) is 12.2. The van der Waals surface area contributed by atoms with Crippen LogP contribution in [0.15, 0.2) is 24.3 Å². The van der Waals surface area contributed by atoms with Gasteiger partial charge < -0.3 is 9.47 Å². The van der Waals surface area contributed by atoms with Gasteiger partial charge in [0.15, 0.2) is 6.10 Å². The quantitative estimate of drug-likeness (QED) is 0.821. The van der Waals surface area contributed by atoms with Crippen LogP contribution in [0.1, 0.15) is 13.3 Å². The van der Waals surface area contributed by atoms with Crippen molar-refractivity contribution in [1.82, 2.24) is 0 Å². The number of hydrogen-bond donors (Lipinski definition) is 0. The molecule has 0 N–H and O–H groups in total. The van der Waals surface area contributed by atoms with E-state index in [0.29, 0.717) is 31.0 Å². The average molecular weight is 246 g/mol. The molecular formula is C13H14N2O3. The van der Waals surface area contributed by atoms with Gasteiger partial charge in [0.05, 0.1) is 12.3 Å². The summed E-state index contributed by atoms with van der Waals surface area (Å²) in [6.07, 6.45) is -0.643. The van der Waals surface area contributed by atoms with E-state index in [1.807, 2.05) is 31.2 Å². The second-order valence-electron chi connectivity index (χ2n) is 3.84. The lowest BCUT2D eigenvalue weighted by molar-refractivity contribution is 0.111. The monoisotopic (exact) mass is 246 g/mol. The van der Waals surface area contributed by atoms with Crippen LogP contribution in [0.3, 0.4) is 0 Å². The fourth-order valence-electron chi connectivity index (χ4n) is 1.85. The van der Waals surface area contributed by atoms with Crippen molar-refractivity contribution in [1.29, 1.82) is 5.26 Å². The zero-order valence-electron chi connectivity index (χ0n) is 10.1. The minimum atomic E-state index is -0.645. The Labute approximate surface area is 106 Å². The number of nitriles is 1. The number of amides is 1. The Balaban J connectivity index is 2.22. The fourth-order valence-corrected chi connectivity index (χ4v) is 1.85. The lowest BCUT2D eigenvalue weighted by Crippen LogP contribution is -2.41. The van der Waals surface area contributed by atoms with E-state index in [4.69, 9.17) is 14.7 Å². The van der Waals surface area contributed by atoms with Gasteiger partial charge in [-0.05, 0) is 19.1 Å². The zero-order chi connectivity index (χ0) is 13.0. The Kier molecular flexibility index (Phi) is 3.68. The third kappa shape index (κ3) is 2.38. The summed E-state index contributed by atoms with van der Waals surface area (Å²) in [4.78, 5) is 13.3. The standard InChI is InChI=1S/C13H14N2O3/c1-2-17-12-6-4-3-5-11(12)15-8-7-10(9-14)18-13(15)16/h3-6,10H,2,7-8H2,1H3. The highest BCUT2D eigenvalue weighted by Crippen LogP contribution is 2.30. The molecule has 5 heteroatoms. The first-order valence-electron chi connectivity index (χ1n) is 5.86. The predicted molar refractivity (Wildman–Crippen MR) is 65.5 cm³/mol. The maximum absolute atomic E-state index is 11.8. The maximum Gasteiger partial charge on any atom is 0.415 e. The van der Waals surface area contributed by atoms with Crippen molar-refractivity contribution >= 4 is 11.8 Å². The van der Waals surface area contributed by atoms with Gasteiger partial charge >= 0.3 is 6.09 Å². The molecule has 0 bridgehead atoms. The van der Waals surface area contributed by atoms with Crippen molar-refractivity contribution in [3.8, 4) is 11.8 Å². The van der Waals surface area contributed by atoms with Gasteiger partial charge in [0.1, 0.15) is 11.8 Å². The van der Waals surface area contributed by atoms with Crippen molar-refractivity contribution in [2.24, 2.45) is 0 Å². The molecule has 0 aromatic heterocycles. The number of anilines is 1. The van der Waals surface area contributed by atoms with Crippen molar-refractivity contribution in [2.75, 3.05) is 18.1 Å². The minimum Gasteiger partial charge on any atom is -0.492 e. The van der Waals surface area contributed by atoms with Crippen LogP contribution in [-0.4, -0.2) is 25.3 Å². The molecule has 0 saturated carbocycles. The third-order valence-electron chi connectivity index (χ3n) is 2.68. The first-order valence-corrected chi connectivity index (χ1v) is 5.86. The van der Waals surface area contributed by atoms with E-state index in [1.165, 1.54) is 4.90 Å². The van der Waals surface area contributed by atoms with Gasteiger partial charge in [-0.1, -0.05) is 12.1 Å². The summed E-state index contributed by atoms with van der Waals surface area (Å²) in [7, 11) is 0. The number of nitrogens with zero attached hydrogens (tertiary/aromatic N) is 2. The van der Waals surface area contributed by atoms with Crippen molar-refractivity contribution in [3.63, 3.8) is 0 Å². The molecule has 1 aliphatic heterocycles. The first-order chi connectivity index (χ1) is 8.76. The number of para-hydroxylation sites is 2. The molecule has 0 aliphatic carbocycles. The second kappa shape index (κ2) is 5.41. The number of rotatable bonds is 3. The van der Waals surface area contributed by atoms with Gasteiger partial charge in [-0.3, -0.25) is 4.90 Å². The Hall–Kier alpha value is -2.22. The molecule has 1 aromatic carbocycles. The Morgan fingerprint density at radius 3 is 3.00 bits per heavy atom. The molecule has 94 valence electrons. The summed E-state index contributed by atoms with van der Waals surface area (Å²) in [5.41, 5.74) is 0.681. The molecule has 1 aliphatic rings. The summed E-state index contributed by atoms with van der Waals surface area (Å²) in [5, 5.41) is 8.73. The molecule has 18 heavy (non-hydrogen) atoms. The van der Waals surface area contributed by atoms with E-state index in [9.17, 15) is 4.79 Å². The summed E-state index contributed by atoms with van der Waals surface area (Å²) in [5.74, 6) is 0.646. The van der Waals surface area contributed by atoms with E-state index in [2.05, 4.69) is 0 Å². The summed E-state index contributed by atoms with van der Waals surface area (Å²) >= 11 is 0. The molecule has 0 spiro atoms. The van der Waals surface area contributed by atoms with Crippen molar-refractivity contribution in [3.05, 3.63) is 24.3 Å². The van der Waals surface area contributed by atoms with E-state index >= 15 is 0 Å². The maximum atomic E-state index is 11.8. The van der Waals surface area contributed by atoms with Gasteiger partial charge in [-0.2, -0.15) is 5.26 Å². The van der Waals surface area contributed by atoms with Crippen LogP contribution < -0.4 is 9.64 Å². The molecule has 1 fully saturated rings. The molecule has 1 amide bonds. The van der Waals surface area contributed by atoms with Gasteiger partial charge in [0.2, 0.25) is 0 Å². The molecule has 1 atom stereocenters. The molecule has 2 rings (SSSR count). The number of carbonyl (C=O) groups excluding carboxylic acids is 1. The topological polar surface area (TPSA) is 62.6 Å². The van der Waals surface area contributed by atoms with Crippen LogP contribution in [0.5, 0.6) is 5.75 Å². The van der Waals surface area contributed by atoms with E-state index in [0.717, 1.165) is 0 Å². The molecule has 1 saturated heterocycles. The van der Waals surface area contributed by atoms with Gasteiger partial charge in [-0.15, -0.1) is 0 Å². The van der Waals surface area contributed by atoms with Gasteiger partial charge in [-0.25, -0.2) is 4.79 Å². The number of benzene rings is 1. The predicted octanol–water partition coefficient (Wildman–Crippen LogP) is 2.32. The molecule has 0 radical (unpaired) electrons. The number of carbonyl (C=O) groups is 1. The Morgan fingerprint density at radius 1 is 1.56 bits per heavy atom. The Bertz CT molecular complexity index is 481. The summed E-state index contributed by atoms with van der Waals surface area (Å²) in [6.45, 7) is 2.87. The Morgan fingerprint density at radius 2 is 2.33 bits per heavy atom. The smallest absolute Gasteiger partial charge is 0.415 e. The zero-order valence-corrected chi connectivity index (χ0v) is 10.1. The number of cyclic esters (lactones) is 1. The van der Waals surface area contributed by atoms with Crippen LogP contribution in [-0.2, 0) is 4.74 Å². The minimum absolute atomic E-state index is 0.459. The van der Waals surface area contributed by atoms with Crippen LogP contribution >= 0.6 is 0 Å². The fraction of sp³-hybridized carbons (Fsp3) is 0.385. The SMILES string of the molecule is CCOc1ccccc1N1CCC(C#N)OC1=O.